The van der Waals surface area contributed by atoms with Gasteiger partial charge in [0.2, 0.25) is 5.91 Å². The van der Waals surface area contributed by atoms with Gasteiger partial charge >= 0.3 is 0 Å². The molecule has 6 heteroatoms. The molecule has 1 aromatic heterocycles. The Morgan fingerprint density at radius 2 is 1.62 bits per heavy atom. The number of amides is 1. The largest absolute Gasteiger partial charge is 0.326 e. The molecule has 0 spiro atoms. The lowest BCUT2D eigenvalue weighted by atomic mass is 10.1. The van der Waals surface area contributed by atoms with E-state index in [0.29, 0.717) is 13.0 Å². The number of hydrogen-bond donors (Lipinski definition) is 1. The zero-order chi connectivity index (χ0) is 25.8. The first-order valence-corrected chi connectivity index (χ1v) is 13.3. The Hall–Kier alpha value is -3.90. The first kappa shape index (κ1) is 24.8. The van der Waals surface area contributed by atoms with Gasteiger partial charge in [-0.05, 0) is 90.0 Å². The Labute approximate surface area is 220 Å². The Balaban J connectivity index is 1.36. The van der Waals surface area contributed by atoms with Crippen molar-refractivity contribution in [2.45, 2.75) is 31.7 Å². The molecule has 1 amide bonds. The summed E-state index contributed by atoms with van der Waals surface area (Å²) in [5.41, 5.74) is 6.74. The third-order valence-corrected chi connectivity index (χ3v) is 7.08. The highest BCUT2D eigenvalue weighted by atomic mass is 32.2. The summed E-state index contributed by atoms with van der Waals surface area (Å²) in [5.74, 6) is 1.55. The molecule has 0 atom stereocenters. The zero-order valence-corrected chi connectivity index (χ0v) is 21.7. The Bertz CT molecular complexity index is 1520. The van der Waals surface area contributed by atoms with Crippen molar-refractivity contribution in [3.63, 3.8) is 0 Å². The molecular weight excluding hydrogens is 481 g/mol. The number of rotatable bonds is 8. The van der Waals surface area contributed by atoms with Crippen molar-refractivity contribution in [1.29, 1.82) is 0 Å². The number of thioether (sulfide) groups is 1. The van der Waals surface area contributed by atoms with Gasteiger partial charge in [-0.2, -0.15) is 0 Å². The predicted octanol–water partition coefficient (Wildman–Crippen LogP) is 7.49. The van der Waals surface area contributed by atoms with E-state index in [-0.39, 0.29) is 11.7 Å². The Kier molecular flexibility index (Phi) is 7.37. The van der Waals surface area contributed by atoms with Crippen molar-refractivity contribution >= 4 is 34.4 Å². The van der Waals surface area contributed by atoms with E-state index >= 15 is 0 Å². The first-order chi connectivity index (χ1) is 18.0. The van der Waals surface area contributed by atoms with Gasteiger partial charge in [0.1, 0.15) is 11.6 Å². The van der Waals surface area contributed by atoms with Crippen LogP contribution in [0.3, 0.4) is 0 Å². The minimum atomic E-state index is -0.250. The number of fused-ring (bicyclic) bond motifs is 1. The van der Waals surface area contributed by atoms with Crippen molar-refractivity contribution in [3.05, 3.63) is 114 Å². The molecule has 4 nitrogen and oxygen atoms in total. The van der Waals surface area contributed by atoms with Crippen LogP contribution in [0, 0.1) is 12.7 Å². The summed E-state index contributed by atoms with van der Waals surface area (Å²) in [4.78, 5) is 18.7. The second-order valence-corrected chi connectivity index (χ2v) is 10.4. The quantitative estimate of drug-likeness (QED) is 0.220. The van der Waals surface area contributed by atoms with E-state index in [2.05, 4.69) is 48.0 Å². The molecule has 186 valence electrons. The van der Waals surface area contributed by atoms with Gasteiger partial charge in [-0.15, -0.1) is 11.8 Å². The van der Waals surface area contributed by atoms with Crippen molar-refractivity contribution in [2.75, 3.05) is 11.1 Å². The zero-order valence-electron chi connectivity index (χ0n) is 20.9. The van der Waals surface area contributed by atoms with Gasteiger partial charge in [0, 0.05) is 22.7 Å². The van der Waals surface area contributed by atoms with Gasteiger partial charge in [-0.1, -0.05) is 37.3 Å². The molecule has 37 heavy (non-hydrogen) atoms. The first-order valence-electron chi connectivity index (χ1n) is 12.3. The number of imidazole rings is 1. The number of aryl methyl sites for hydroxylation is 1. The maximum Gasteiger partial charge on any atom is 0.228 e. The number of hydrogen-bond acceptors (Lipinski definition) is 3. The Morgan fingerprint density at radius 1 is 0.919 bits per heavy atom. The number of carbonyl (C=O) groups excluding carboxylic acids is 1. The molecule has 0 bridgehead atoms. The SMILES string of the molecule is CCSc1ccc(CC(=O)Nc2ccc(-c3nc4ccc(C)cc4n3Cc3ccc(F)cc3)cc2)cc1. The van der Waals surface area contributed by atoms with Gasteiger partial charge in [0.25, 0.3) is 0 Å². The van der Waals surface area contributed by atoms with Crippen molar-refractivity contribution < 1.29 is 9.18 Å². The van der Waals surface area contributed by atoms with Crippen LogP contribution in [0.15, 0.2) is 95.9 Å². The molecule has 0 saturated heterocycles. The topological polar surface area (TPSA) is 46.9 Å². The highest BCUT2D eigenvalue weighted by Gasteiger charge is 2.14. The van der Waals surface area contributed by atoms with Gasteiger partial charge < -0.3 is 9.88 Å². The van der Waals surface area contributed by atoms with Crippen molar-refractivity contribution in [2.24, 2.45) is 0 Å². The van der Waals surface area contributed by atoms with E-state index in [4.69, 9.17) is 4.98 Å². The summed E-state index contributed by atoms with van der Waals surface area (Å²) in [6.07, 6.45) is 0.325. The van der Waals surface area contributed by atoms with E-state index in [9.17, 15) is 9.18 Å². The van der Waals surface area contributed by atoms with Crippen LogP contribution in [-0.2, 0) is 17.8 Å². The van der Waals surface area contributed by atoms with Crippen LogP contribution < -0.4 is 5.32 Å². The minimum Gasteiger partial charge on any atom is -0.326 e. The summed E-state index contributed by atoms with van der Waals surface area (Å²) in [5, 5.41) is 3.00. The molecule has 0 saturated carbocycles. The highest BCUT2D eigenvalue weighted by molar-refractivity contribution is 7.99. The maximum atomic E-state index is 13.5. The number of halogens is 1. The number of carbonyl (C=O) groups is 1. The van der Waals surface area contributed by atoms with Gasteiger partial charge in [-0.3, -0.25) is 4.79 Å². The number of nitrogens with zero attached hydrogens (tertiary/aromatic N) is 2. The lowest BCUT2D eigenvalue weighted by Gasteiger charge is -2.11. The molecule has 0 aliphatic carbocycles. The lowest BCUT2D eigenvalue weighted by Crippen LogP contribution is -2.14. The Morgan fingerprint density at radius 3 is 2.32 bits per heavy atom. The molecule has 5 aromatic rings. The normalized spacial score (nSPS) is 11.1. The summed E-state index contributed by atoms with van der Waals surface area (Å²) < 4.78 is 15.6. The van der Waals surface area contributed by atoms with Crippen LogP contribution in [0.25, 0.3) is 22.4 Å². The summed E-state index contributed by atoms with van der Waals surface area (Å²) >= 11 is 1.79. The van der Waals surface area contributed by atoms with Crippen LogP contribution in [0.2, 0.25) is 0 Å². The third-order valence-electron chi connectivity index (χ3n) is 6.18. The fraction of sp³-hybridized carbons (Fsp3) is 0.161. The lowest BCUT2D eigenvalue weighted by molar-refractivity contribution is -0.115. The molecule has 0 aliphatic rings. The van der Waals surface area contributed by atoms with E-state index in [1.165, 1.54) is 17.0 Å². The van der Waals surface area contributed by atoms with E-state index in [0.717, 1.165) is 50.6 Å². The predicted molar refractivity (Wildman–Crippen MR) is 151 cm³/mol. The molecule has 0 aliphatic heterocycles. The van der Waals surface area contributed by atoms with E-state index in [1.807, 2.05) is 42.5 Å². The van der Waals surface area contributed by atoms with Gasteiger partial charge in [0.15, 0.2) is 0 Å². The molecule has 5 rings (SSSR count). The summed E-state index contributed by atoms with van der Waals surface area (Å²) in [6, 6.07) is 28.7. The summed E-state index contributed by atoms with van der Waals surface area (Å²) in [6.45, 7) is 4.76. The number of anilines is 1. The average Bonchev–Trinajstić information content (AvgIpc) is 3.24. The monoisotopic (exact) mass is 509 g/mol. The molecule has 4 aromatic carbocycles. The van der Waals surface area contributed by atoms with Crippen LogP contribution in [0.1, 0.15) is 23.6 Å². The highest BCUT2D eigenvalue weighted by Crippen LogP contribution is 2.28. The van der Waals surface area contributed by atoms with Crippen LogP contribution in [0.5, 0.6) is 0 Å². The van der Waals surface area contributed by atoms with E-state index < -0.39 is 0 Å². The fourth-order valence-corrected chi connectivity index (χ4v) is 5.01. The van der Waals surface area contributed by atoms with Crippen LogP contribution in [-0.4, -0.2) is 21.2 Å². The number of aromatic nitrogens is 2. The molecule has 1 heterocycles. The standard InChI is InChI=1S/C31H28FN3OS/c1-3-37-27-15-7-22(8-16-27)19-30(36)33-26-13-9-24(10-14-26)31-34-28-17-4-21(2)18-29(28)35(31)20-23-5-11-25(32)12-6-23/h4-18H,3,19-20H2,1-2H3,(H,33,36). The molecule has 1 N–H and O–H groups in total. The molecular formula is C31H28FN3OS. The minimum absolute atomic E-state index is 0.0531. The van der Waals surface area contributed by atoms with E-state index in [1.54, 1.807) is 23.9 Å². The fourth-order valence-electron chi connectivity index (χ4n) is 4.35. The van der Waals surface area contributed by atoms with Gasteiger partial charge in [-0.25, -0.2) is 9.37 Å². The summed E-state index contributed by atoms with van der Waals surface area (Å²) in [7, 11) is 0. The third kappa shape index (κ3) is 5.92. The number of nitrogens with one attached hydrogen (secondary N) is 1. The molecule has 0 radical (unpaired) electrons. The van der Waals surface area contributed by atoms with Crippen LogP contribution in [0.4, 0.5) is 10.1 Å². The van der Waals surface area contributed by atoms with Crippen molar-refractivity contribution in [3.8, 4) is 11.4 Å². The second kappa shape index (κ2) is 11.0. The molecule has 0 fully saturated rings. The van der Waals surface area contributed by atoms with Crippen LogP contribution >= 0.6 is 11.8 Å². The van der Waals surface area contributed by atoms with Gasteiger partial charge in [0.05, 0.1) is 17.5 Å². The van der Waals surface area contributed by atoms with Crippen molar-refractivity contribution in [1.82, 2.24) is 9.55 Å². The number of benzene rings is 4. The average molecular weight is 510 g/mol. The molecule has 0 unspecified atom stereocenters. The maximum absolute atomic E-state index is 13.5. The smallest absolute Gasteiger partial charge is 0.228 e. The second-order valence-electron chi connectivity index (χ2n) is 9.02.